The van der Waals surface area contributed by atoms with E-state index >= 15 is 0 Å². The topological polar surface area (TPSA) is 52.1 Å². The molecule has 0 spiro atoms. The summed E-state index contributed by atoms with van der Waals surface area (Å²) in [5.41, 5.74) is 0. The number of likely N-dealkylation sites (N-methyl/N-ethyl adjacent to an activating group) is 1. The molecular weight excluding hydrogens is 441 g/mol. The van der Waals surface area contributed by atoms with Gasteiger partial charge >= 0.3 is 0 Å². The fourth-order valence-electron chi connectivity index (χ4n) is 2.68. The van der Waals surface area contributed by atoms with Gasteiger partial charge < -0.3 is 25.2 Å². The number of ether oxygens (including phenoxy) is 1. The third-order valence-electron chi connectivity index (χ3n) is 4.38. The van der Waals surface area contributed by atoms with Crippen LogP contribution in [0.3, 0.4) is 0 Å². The van der Waals surface area contributed by atoms with Gasteiger partial charge in [-0.05, 0) is 66.3 Å². The van der Waals surface area contributed by atoms with Gasteiger partial charge in [0.1, 0.15) is 0 Å². The Morgan fingerprint density at radius 2 is 1.77 bits per heavy atom. The summed E-state index contributed by atoms with van der Waals surface area (Å²) in [6.45, 7) is 16.8. The zero-order chi connectivity index (χ0) is 18.9. The van der Waals surface area contributed by atoms with E-state index in [9.17, 15) is 0 Å². The Morgan fingerprint density at radius 3 is 2.35 bits per heavy atom. The molecule has 26 heavy (non-hydrogen) atoms. The first-order chi connectivity index (χ1) is 12.1. The number of methoxy groups -OCH3 is 1. The van der Waals surface area contributed by atoms with E-state index in [1.807, 2.05) is 0 Å². The summed E-state index contributed by atoms with van der Waals surface area (Å²) in [4.78, 5) is 9.47. The van der Waals surface area contributed by atoms with E-state index in [4.69, 9.17) is 9.73 Å². The van der Waals surface area contributed by atoms with Crippen molar-refractivity contribution in [1.82, 2.24) is 20.4 Å². The van der Waals surface area contributed by atoms with Crippen molar-refractivity contribution in [3.05, 3.63) is 0 Å². The lowest BCUT2D eigenvalue weighted by Crippen LogP contribution is -2.42. The van der Waals surface area contributed by atoms with Crippen LogP contribution in [-0.2, 0) is 4.74 Å². The number of halogens is 1. The number of rotatable bonds is 15. The maximum Gasteiger partial charge on any atom is 0.191 e. The molecule has 0 saturated heterocycles. The molecule has 1 atom stereocenters. The number of hydrogen-bond acceptors (Lipinski definition) is 4. The van der Waals surface area contributed by atoms with Gasteiger partial charge in [0.15, 0.2) is 5.96 Å². The monoisotopic (exact) mass is 485 g/mol. The smallest absolute Gasteiger partial charge is 0.191 e. The van der Waals surface area contributed by atoms with Crippen LogP contribution in [0, 0.1) is 0 Å². The fraction of sp³-hybridized carbons (Fsp3) is 0.947. The molecule has 0 rings (SSSR count). The molecule has 7 heteroatoms. The van der Waals surface area contributed by atoms with Crippen LogP contribution in [0.5, 0.6) is 0 Å². The van der Waals surface area contributed by atoms with Crippen LogP contribution < -0.4 is 10.6 Å². The summed E-state index contributed by atoms with van der Waals surface area (Å²) in [6, 6.07) is 0.442. The van der Waals surface area contributed by atoms with Crippen LogP contribution in [-0.4, -0.2) is 88.4 Å². The number of aliphatic imine (C=N–C) groups is 1. The molecule has 2 N–H and O–H groups in total. The molecule has 0 aliphatic rings. The Kier molecular flexibility index (Phi) is 21.2. The van der Waals surface area contributed by atoms with E-state index in [0.717, 1.165) is 58.3 Å². The second-order valence-electron chi connectivity index (χ2n) is 6.62. The largest absolute Gasteiger partial charge is 0.383 e. The number of nitrogens with zero attached hydrogens (tertiary/aromatic N) is 3. The molecule has 6 nitrogen and oxygen atoms in total. The molecule has 0 aliphatic heterocycles. The van der Waals surface area contributed by atoms with Gasteiger partial charge in [-0.25, -0.2) is 0 Å². The Balaban J connectivity index is 0. The van der Waals surface area contributed by atoms with Crippen molar-refractivity contribution in [2.45, 2.75) is 53.0 Å². The molecule has 0 radical (unpaired) electrons. The van der Waals surface area contributed by atoms with Crippen molar-refractivity contribution in [3.63, 3.8) is 0 Å². The highest BCUT2D eigenvalue weighted by atomic mass is 127. The third kappa shape index (κ3) is 16.1. The Bertz CT molecular complexity index is 327. The van der Waals surface area contributed by atoms with Crippen LogP contribution in [0.15, 0.2) is 4.99 Å². The SMILES string of the molecule is CCNC(=NCCCN(C)CCOC)NC(C)CCCN(CC)CC.I. The van der Waals surface area contributed by atoms with E-state index in [1.165, 1.54) is 19.4 Å². The lowest BCUT2D eigenvalue weighted by atomic mass is 10.2. The lowest BCUT2D eigenvalue weighted by molar-refractivity contribution is 0.161. The van der Waals surface area contributed by atoms with Gasteiger partial charge in [0.2, 0.25) is 0 Å². The van der Waals surface area contributed by atoms with Crippen molar-refractivity contribution < 1.29 is 4.74 Å². The molecule has 0 fully saturated rings. The molecule has 0 heterocycles. The number of guanidine groups is 1. The van der Waals surface area contributed by atoms with Gasteiger partial charge in [-0.15, -0.1) is 24.0 Å². The summed E-state index contributed by atoms with van der Waals surface area (Å²) in [6.07, 6.45) is 3.45. The summed E-state index contributed by atoms with van der Waals surface area (Å²) in [5, 5.41) is 6.89. The highest BCUT2D eigenvalue weighted by Gasteiger charge is 2.06. The molecular formula is C19H44IN5O. The predicted octanol–water partition coefficient (Wildman–Crippen LogP) is 2.64. The van der Waals surface area contributed by atoms with Crippen molar-refractivity contribution in [2.24, 2.45) is 4.99 Å². The predicted molar refractivity (Wildman–Crippen MR) is 125 cm³/mol. The minimum atomic E-state index is 0. The minimum Gasteiger partial charge on any atom is -0.383 e. The van der Waals surface area contributed by atoms with E-state index in [1.54, 1.807) is 7.11 Å². The average molecular weight is 485 g/mol. The summed E-state index contributed by atoms with van der Waals surface area (Å²) in [7, 11) is 3.87. The maximum absolute atomic E-state index is 5.10. The maximum atomic E-state index is 5.10. The first-order valence-corrected chi connectivity index (χ1v) is 10.0. The Labute approximate surface area is 179 Å². The molecule has 0 amide bonds. The molecule has 0 aromatic heterocycles. The first kappa shape index (κ1) is 28.1. The Hall–Kier alpha value is -0.120. The third-order valence-corrected chi connectivity index (χ3v) is 4.38. The van der Waals surface area contributed by atoms with E-state index in [2.05, 4.69) is 55.2 Å². The van der Waals surface area contributed by atoms with Crippen LogP contribution in [0.25, 0.3) is 0 Å². The molecule has 0 aromatic carbocycles. The van der Waals surface area contributed by atoms with Crippen LogP contribution in [0.4, 0.5) is 0 Å². The normalized spacial score (nSPS) is 13.0. The second kappa shape index (κ2) is 19.6. The first-order valence-electron chi connectivity index (χ1n) is 10.0. The molecule has 0 bridgehead atoms. The van der Waals surface area contributed by atoms with Crippen LogP contribution >= 0.6 is 24.0 Å². The van der Waals surface area contributed by atoms with Gasteiger partial charge in [-0.1, -0.05) is 13.8 Å². The standard InChI is InChI=1S/C19H43N5O.HI/c1-7-20-19(21-13-11-14-23(5)16-17-25-6)22-18(4)12-10-15-24(8-2)9-3;/h18H,7-17H2,1-6H3,(H2,20,21,22);1H. The van der Waals surface area contributed by atoms with Crippen molar-refractivity contribution in [1.29, 1.82) is 0 Å². The van der Waals surface area contributed by atoms with Gasteiger partial charge in [0, 0.05) is 32.8 Å². The van der Waals surface area contributed by atoms with Crippen LogP contribution in [0.2, 0.25) is 0 Å². The summed E-state index contributed by atoms with van der Waals surface area (Å²) in [5.74, 6) is 0.942. The van der Waals surface area contributed by atoms with Gasteiger partial charge in [0.05, 0.1) is 6.61 Å². The molecule has 1 unspecified atom stereocenters. The van der Waals surface area contributed by atoms with E-state index < -0.39 is 0 Å². The van der Waals surface area contributed by atoms with Gasteiger partial charge in [-0.2, -0.15) is 0 Å². The fourth-order valence-corrected chi connectivity index (χ4v) is 2.68. The molecule has 158 valence electrons. The zero-order valence-corrected chi connectivity index (χ0v) is 20.3. The zero-order valence-electron chi connectivity index (χ0n) is 18.0. The Morgan fingerprint density at radius 1 is 1.08 bits per heavy atom. The van der Waals surface area contributed by atoms with Crippen molar-refractivity contribution in [2.75, 3.05) is 66.6 Å². The lowest BCUT2D eigenvalue weighted by Gasteiger charge is -2.21. The summed E-state index contributed by atoms with van der Waals surface area (Å²) >= 11 is 0. The van der Waals surface area contributed by atoms with Gasteiger partial charge in [-0.3, -0.25) is 4.99 Å². The van der Waals surface area contributed by atoms with Crippen LogP contribution in [0.1, 0.15) is 47.0 Å². The van der Waals surface area contributed by atoms with Crippen molar-refractivity contribution in [3.8, 4) is 0 Å². The molecule has 0 aliphatic carbocycles. The quantitative estimate of drug-likeness (QED) is 0.162. The van der Waals surface area contributed by atoms with E-state index in [-0.39, 0.29) is 24.0 Å². The summed E-state index contributed by atoms with van der Waals surface area (Å²) < 4.78 is 5.10. The van der Waals surface area contributed by atoms with Crippen molar-refractivity contribution >= 4 is 29.9 Å². The highest BCUT2D eigenvalue weighted by Crippen LogP contribution is 2.00. The number of hydrogen-bond donors (Lipinski definition) is 2. The minimum absolute atomic E-state index is 0. The molecule has 0 saturated carbocycles. The average Bonchev–Trinajstić information content (AvgIpc) is 2.60. The van der Waals surface area contributed by atoms with Gasteiger partial charge in [0.25, 0.3) is 0 Å². The second-order valence-corrected chi connectivity index (χ2v) is 6.62. The molecule has 0 aromatic rings. The highest BCUT2D eigenvalue weighted by molar-refractivity contribution is 14.0. The number of nitrogens with one attached hydrogen (secondary N) is 2. The van der Waals surface area contributed by atoms with E-state index in [0.29, 0.717) is 6.04 Å².